The quantitative estimate of drug-likeness (QED) is 0.0248. The van der Waals surface area contributed by atoms with Crippen LogP contribution in [0.2, 0.25) is 0 Å². The zero-order chi connectivity index (χ0) is 56.2. The van der Waals surface area contributed by atoms with Crippen molar-refractivity contribution in [3.8, 4) is 0 Å². The summed E-state index contributed by atoms with van der Waals surface area (Å²) in [5.41, 5.74) is 0. The van der Waals surface area contributed by atoms with E-state index in [1.165, 1.54) is 12.2 Å². The van der Waals surface area contributed by atoms with Crippen molar-refractivity contribution < 1.29 is 92.6 Å². The van der Waals surface area contributed by atoms with E-state index in [4.69, 9.17) is 28.4 Å². The lowest BCUT2D eigenvalue weighted by Gasteiger charge is -2.40. The summed E-state index contributed by atoms with van der Waals surface area (Å²) in [6.45, 7) is 4.50. The van der Waals surface area contributed by atoms with Crippen LogP contribution in [0.1, 0.15) is 162 Å². The Morgan fingerprint density at radius 2 is 1.08 bits per heavy atom. The van der Waals surface area contributed by atoms with Gasteiger partial charge in [-0.2, -0.15) is 0 Å². The Bertz CT molecular complexity index is 1830. The molecule has 4 aliphatic rings. The van der Waals surface area contributed by atoms with E-state index in [0.29, 0.717) is 110 Å². The molecule has 440 valence electrons. The van der Waals surface area contributed by atoms with Crippen molar-refractivity contribution in [2.45, 2.75) is 217 Å². The van der Waals surface area contributed by atoms with Gasteiger partial charge in [0.05, 0.1) is 38.6 Å². The highest BCUT2D eigenvalue weighted by molar-refractivity contribution is 6.13. The van der Waals surface area contributed by atoms with Crippen LogP contribution in [0.25, 0.3) is 0 Å². The van der Waals surface area contributed by atoms with Crippen molar-refractivity contribution in [1.82, 2.24) is 15.5 Å². The number of Topliss-reactive ketones (excluding diaryl/α,β-unsaturated/α-hetero) is 3. The smallest absolute Gasteiger partial charge is 0.253 e. The molecule has 3 fully saturated rings. The van der Waals surface area contributed by atoms with E-state index in [2.05, 4.69) is 10.6 Å². The van der Waals surface area contributed by atoms with Crippen molar-refractivity contribution in [3.05, 3.63) is 12.2 Å². The summed E-state index contributed by atoms with van der Waals surface area (Å²) < 4.78 is 35.0. The van der Waals surface area contributed by atoms with E-state index in [-0.39, 0.29) is 81.0 Å². The molecule has 0 aromatic carbocycles. The second kappa shape index (κ2) is 35.9. The molecule has 0 aromatic rings. The van der Waals surface area contributed by atoms with Crippen LogP contribution in [0.5, 0.6) is 0 Å². The van der Waals surface area contributed by atoms with Crippen molar-refractivity contribution in [3.63, 3.8) is 0 Å². The summed E-state index contributed by atoms with van der Waals surface area (Å²) in [4.78, 5) is 88.8. The van der Waals surface area contributed by atoms with E-state index in [1.807, 2.05) is 0 Å². The number of amides is 4. The average Bonchev–Trinajstić information content (AvgIpc) is 4.03. The maximum Gasteiger partial charge on any atom is 0.253 e. The summed E-state index contributed by atoms with van der Waals surface area (Å²) >= 11 is 0. The van der Waals surface area contributed by atoms with Gasteiger partial charge in [-0.15, -0.1) is 0 Å². The maximum atomic E-state index is 13.5. The molecule has 0 spiro atoms. The lowest BCUT2D eigenvalue weighted by atomic mass is 9.92. The molecule has 22 heteroatoms. The number of hydrogen-bond donors (Lipinski definition) is 8. The molecule has 4 rings (SSSR count). The molecule has 2 saturated heterocycles. The molecule has 77 heavy (non-hydrogen) atoms. The summed E-state index contributed by atoms with van der Waals surface area (Å²) in [5.74, 6) is -3.48. The van der Waals surface area contributed by atoms with Crippen LogP contribution in [0.3, 0.4) is 0 Å². The number of carbonyl (C=O) groups is 7. The van der Waals surface area contributed by atoms with Gasteiger partial charge in [-0.3, -0.25) is 38.5 Å². The molecular formula is C55H91N3O19. The van der Waals surface area contributed by atoms with Gasteiger partial charge in [0, 0.05) is 121 Å². The Morgan fingerprint density at radius 1 is 0.597 bits per heavy atom. The summed E-state index contributed by atoms with van der Waals surface area (Å²) in [7, 11) is 0. The van der Waals surface area contributed by atoms with Crippen molar-refractivity contribution in [2.75, 3.05) is 59.3 Å². The number of hydrogen-bond acceptors (Lipinski definition) is 19. The zero-order valence-corrected chi connectivity index (χ0v) is 45.6. The standard InChI is InChI=1S/C55H91N3O19/c1-37-48(67)50(69)43(35-59)76-53(37)72-30-12-6-18-42(63)34-39(16-5-11-27-56-45(64)21-7-13-31-73-54-38(2)49(68)51(70)44(36-60)77-54)52(71)57-28-10-3-4-17-40(61)19-14-32-74-55(25-8-9-26-55)75-33-15-20-41(62)24-29-58-46(65)22-23-47(58)66/h22-23,37-39,43-44,48-51,53-54,59-60,67-70H,3-21,24-36H2,1-2H3,(H,56,64)(H,57,71)/t37-,38?,39+,43?,44?,48?,49+,50-,51?,53+,54+/m0/s1. The number of nitrogens with one attached hydrogen (secondary N) is 2. The normalized spacial score (nSPS) is 26.5. The van der Waals surface area contributed by atoms with Gasteiger partial charge in [0.15, 0.2) is 18.4 Å². The van der Waals surface area contributed by atoms with Gasteiger partial charge in [0.1, 0.15) is 41.8 Å². The number of carbonyl (C=O) groups excluding carboxylic acids is 7. The van der Waals surface area contributed by atoms with Crippen molar-refractivity contribution >= 4 is 41.0 Å². The van der Waals surface area contributed by atoms with Crippen molar-refractivity contribution in [1.29, 1.82) is 0 Å². The fourth-order valence-electron chi connectivity index (χ4n) is 9.98. The first-order chi connectivity index (χ1) is 37.0. The van der Waals surface area contributed by atoms with E-state index in [0.717, 1.165) is 37.0 Å². The number of ether oxygens (including phenoxy) is 6. The van der Waals surface area contributed by atoms with Gasteiger partial charge in [-0.05, 0) is 77.0 Å². The number of imide groups is 1. The molecule has 1 aliphatic carbocycles. The number of unbranched alkanes of at least 4 members (excludes halogenated alkanes) is 5. The van der Waals surface area contributed by atoms with Gasteiger partial charge >= 0.3 is 0 Å². The number of ketones is 3. The lowest BCUT2D eigenvalue weighted by molar-refractivity contribution is -0.282. The van der Waals surface area contributed by atoms with E-state index in [9.17, 15) is 64.2 Å². The SMILES string of the molecule is CC1[C@H](OCCCCC(=O)NCCCC[C@H](CC(=O)CCCCO[C@@H]2OC(CO)[C@H](O)C(O)[C@@H]2C)C(=O)NCCCCCC(=O)CCCOC2(OCCCC(=O)CCN3C(=O)C=CC3=O)CCCC2)OC(CO)C(O)[C@@H]1O. The molecule has 22 nitrogen and oxygen atoms in total. The first kappa shape index (κ1) is 65.9. The van der Waals surface area contributed by atoms with Gasteiger partial charge in [0.2, 0.25) is 11.8 Å². The maximum absolute atomic E-state index is 13.5. The van der Waals surface area contributed by atoms with Crippen LogP contribution >= 0.6 is 0 Å². The zero-order valence-electron chi connectivity index (χ0n) is 45.6. The first-order valence-electron chi connectivity index (χ1n) is 28.4. The van der Waals surface area contributed by atoms with Gasteiger partial charge in [0.25, 0.3) is 11.8 Å². The van der Waals surface area contributed by atoms with Crippen LogP contribution in [-0.2, 0) is 62.0 Å². The van der Waals surface area contributed by atoms with Crippen LogP contribution < -0.4 is 10.6 Å². The predicted molar refractivity (Wildman–Crippen MR) is 277 cm³/mol. The second-order valence-corrected chi connectivity index (χ2v) is 21.2. The van der Waals surface area contributed by atoms with Crippen LogP contribution in [0.4, 0.5) is 0 Å². The van der Waals surface area contributed by atoms with Crippen LogP contribution in [0.15, 0.2) is 12.2 Å². The molecule has 5 unspecified atom stereocenters. The molecule has 11 atom stereocenters. The number of aliphatic hydroxyl groups is 6. The van der Waals surface area contributed by atoms with E-state index < -0.39 is 97.8 Å². The summed E-state index contributed by atoms with van der Waals surface area (Å²) in [6, 6.07) is 0. The minimum atomic E-state index is -1.23. The van der Waals surface area contributed by atoms with Crippen molar-refractivity contribution in [2.24, 2.45) is 17.8 Å². The number of nitrogens with zero attached hydrogens (tertiary/aromatic N) is 1. The monoisotopic (exact) mass is 1100 g/mol. The number of aliphatic hydroxyl groups excluding tert-OH is 6. The largest absolute Gasteiger partial charge is 0.394 e. The minimum absolute atomic E-state index is 0.0484. The fourth-order valence-corrected chi connectivity index (χ4v) is 9.98. The fraction of sp³-hybridized carbons (Fsp3) is 0.836. The minimum Gasteiger partial charge on any atom is -0.394 e. The highest BCUT2D eigenvalue weighted by atomic mass is 16.7. The number of rotatable bonds is 41. The molecular weight excluding hydrogens is 1010 g/mol. The second-order valence-electron chi connectivity index (χ2n) is 21.2. The van der Waals surface area contributed by atoms with E-state index >= 15 is 0 Å². The molecule has 0 aromatic heterocycles. The molecule has 8 N–H and O–H groups in total. The summed E-state index contributed by atoms with van der Waals surface area (Å²) in [5, 5.41) is 65.5. The Hall–Kier alpha value is -3.65. The summed E-state index contributed by atoms with van der Waals surface area (Å²) in [6.07, 6.45) is 6.15. The molecule has 0 bridgehead atoms. The van der Waals surface area contributed by atoms with Gasteiger partial charge < -0.3 is 69.7 Å². The molecule has 3 aliphatic heterocycles. The van der Waals surface area contributed by atoms with Crippen LogP contribution in [0, 0.1) is 17.8 Å². The van der Waals surface area contributed by atoms with Gasteiger partial charge in [-0.1, -0.05) is 26.7 Å². The molecule has 4 amide bonds. The first-order valence-corrected chi connectivity index (χ1v) is 28.4. The Morgan fingerprint density at radius 3 is 1.64 bits per heavy atom. The Balaban J connectivity index is 1.10. The lowest BCUT2D eigenvalue weighted by Crippen LogP contribution is -2.55. The third-order valence-electron chi connectivity index (χ3n) is 15.0. The third-order valence-corrected chi connectivity index (χ3v) is 15.0. The Labute approximate surface area is 453 Å². The van der Waals surface area contributed by atoms with Crippen LogP contribution in [-0.4, -0.2) is 191 Å². The van der Waals surface area contributed by atoms with Gasteiger partial charge in [-0.25, -0.2) is 0 Å². The highest BCUT2D eigenvalue weighted by Crippen LogP contribution is 2.35. The molecule has 0 radical (unpaired) electrons. The Kier molecular flexibility index (Phi) is 30.7. The topological polar surface area (TPSA) is 324 Å². The highest BCUT2D eigenvalue weighted by Gasteiger charge is 2.44. The van der Waals surface area contributed by atoms with E-state index in [1.54, 1.807) is 13.8 Å². The predicted octanol–water partition coefficient (Wildman–Crippen LogP) is 2.37. The average molecular weight is 1100 g/mol. The molecule has 1 saturated carbocycles. The molecule has 3 heterocycles. The third kappa shape index (κ3) is 23.2.